The van der Waals surface area contributed by atoms with Crippen LogP contribution in [0.2, 0.25) is 0 Å². The van der Waals surface area contributed by atoms with Crippen molar-refractivity contribution < 1.29 is 9.53 Å². The van der Waals surface area contributed by atoms with Crippen molar-refractivity contribution >= 4 is 5.97 Å². The van der Waals surface area contributed by atoms with Crippen LogP contribution < -0.4 is 0 Å². The Morgan fingerprint density at radius 1 is 0.806 bits per heavy atom. The van der Waals surface area contributed by atoms with Crippen LogP contribution in [0.3, 0.4) is 0 Å². The predicted octanol–water partition coefficient (Wildman–Crippen LogP) is 8.52. The Morgan fingerprint density at radius 3 is 2.06 bits per heavy atom. The van der Waals surface area contributed by atoms with Gasteiger partial charge in [-0.3, -0.25) is 4.79 Å². The lowest BCUT2D eigenvalue weighted by Gasteiger charge is -2.53. The topological polar surface area (TPSA) is 26.3 Å². The van der Waals surface area contributed by atoms with Crippen molar-refractivity contribution in [2.45, 2.75) is 116 Å². The summed E-state index contributed by atoms with van der Waals surface area (Å²) in [5, 5.41) is 0. The molecule has 0 spiro atoms. The van der Waals surface area contributed by atoms with Crippen molar-refractivity contribution in [1.29, 1.82) is 0 Å². The summed E-state index contributed by atoms with van der Waals surface area (Å²) in [4.78, 5) is 12.6. The Kier molecular flexibility index (Phi) is 6.01. The maximum atomic E-state index is 12.6. The second kappa shape index (κ2) is 9.01. The van der Waals surface area contributed by atoms with E-state index < -0.39 is 0 Å². The summed E-state index contributed by atoms with van der Waals surface area (Å²) in [6.45, 7) is 5.14. The predicted molar refractivity (Wildman–Crippen MR) is 145 cm³/mol. The molecular formula is C34H50O2. The Balaban J connectivity index is 0.000000126. The van der Waals surface area contributed by atoms with Gasteiger partial charge >= 0.3 is 5.97 Å². The van der Waals surface area contributed by atoms with Crippen molar-refractivity contribution in [2.75, 3.05) is 0 Å². The summed E-state index contributed by atoms with van der Waals surface area (Å²) in [5.41, 5.74) is 1.13. The molecule has 36 heavy (non-hydrogen) atoms. The van der Waals surface area contributed by atoms with Gasteiger partial charge in [-0.1, -0.05) is 57.4 Å². The van der Waals surface area contributed by atoms with Gasteiger partial charge in [-0.2, -0.15) is 0 Å². The third kappa shape index (κ3) is 3.98. The molecule has 9 aliphatic rings. The molecule has 0 radical (unpaired) electrons. The van der Waals surface area contributed by atoms with Gasteiger partial charge in [-0.25, -0.2) is 0 Å². The zero-order chi connectivity index (χ0) is 24.5. The fourth-order valence-corrected chi connectivity index (χ4v) is 11.1. The summed E-state index contributed by atoms with van der Waals surface area (Å²) < 4.78 is 6.09. The molecule has 7 saturated carbocycles. The second-order valence-corrected chi connectivity index (χ2v) is 15.3. The van der Waals surface area contributed by atoms with Crippen LogP contribution in [0.4, 0.5) is 0 Å². The first-order chi connectivity index (χ1) is 17.4. The molecule has 9 rings (SSSR count). The normalized spacial score (nSPS) is 47.9. The zero-order valence-corrected chi connectivity index (χ0v) is 23.0. The Labute approximate surface area is 220 Å². The maximum Gasteiger partial charge on any atom is 0.309 e. The third-order valence-electron chi connectivity index (χ3n) is 13.2. The van der Waals surface area contributed by atoms with Gasteiger partial charge in [0.05, 0.1) is 5.92 Å². The molecule has 0 aromatic rings. The number of hydrogen-bond acceptors (Lipinski definition) is 2. The molecule has 5 atom stereocenters. The number of allylic oxidation sites excluding steroid dienone is 4. The molecule has 0 heterocycles. The van der Waals surface area contributed by atoms with Crippen LogP contribution in [0, 0.1) is 64.1 Å². The summed E-state index contributed by atoms with van der Waals surface area (Å²) in [5.74, 6) is 6.71. The zero-order valence-electron chi connectivity index (χ0n) is 23.0. The monoisotopic (exact) mass is 490 g/mol. The summed E-state index contributed by atoms with van der Waals surface area (Å²) >= 11 is 0. The summed E-state index contributed by atoms with van der Waals surface area (Å²) in [7, 11) is 0. The number of fused-ring (bicyclic) bond motifs is 4. The minimum atomic E-state index is 0.138. The number of ether oxygens (including phenoxy) is 1. The number of esters is 1. The van der Waals surface area contributed by atoms with Gasteiger partial charge in [0.15, 0.2) is 0 Å². The van der Waals surface area contributed by atoms with E-state index in [1.54, 1.807) is 0 Å². The van der Waals surface area contributed by atoms with E-state index in [9.17, 15) is 4.79 Å². The van der Waals surface area contributed by atoms with Crippen molar-refractivity contribution in [3.63, 3.8) is 0 Å². The Hall–Kier alpha value is -1.05. The largest absolute Gasteiger partial charge is 0.462 e. The highest BCUT2D eigenvalue weighted by Crippen LogP contribution is 2.63. The second-order valence-electron chi connectivity index (χ2n) is 15.3. The highest BCUT2D eigenvalue weighted by molar-refractivity contribution is 5.74. The van der Waals surface area contributed by atoms with Gasteiger partial charge < -0.3 is 4.74 Å². The molecule has 5 unspecified atom stereocenters. The fraction of sp³-hybridized carbons (Fsp3) is 0.853. The first kappa shape index (κ1) is 24.0. The SMILES string of the molecule is CC(C)(C1CCCCC1)C12C=CC(CC1)C2.O=C(OC1C2CC3CC(C2)CC1C3)C1CC2C=CC1C2. The van der Waals surface area contributed by atoms with E-state index in [-0.39, 0.29) is 18.0 Å². The molecule has 198 valence electrons. The number of carbonyl (C=O) groups excluding carboxylic acids is 1. The summed E-state index contributed by atoms with van der Waals surface area (Å²) in [6.07, 6.45) is 30.9. The van der Waals surface area contributed by atoms with E-state index >= 15 is 0 Å². The summed E-state index contributed by atoms with van der Waals surface area (Å²) in [6, 6.07) is 0. The van der Waals surface area contributed by atoms with Crippen LogP contribution in [0.25, 0.3) is 0 Å². The molecule has 2 nitrogen and oxygen atoms in total. The molecule has 0 saturated heterocycles. The molecule has 0 aromatic carbocycles. The lowest BCUT2D eigenvalue weighted by Crippen LogP contribution is -2.50. The Morgan fingerprint density at radius 2 is 1.53 bits per heavy atom. The molecule has 7 fully saturated rings. The molecule has 0 N–H and O–H groups in total. The maximum absolute atomic E-state index is 12.6. The lowest BCUT2D eigenvalue weighted by atomic mass is 9.55. The van der Waals surface area contributed by atoms with Crippen LogP contribution >= 0.6 is 0 Å². The van der Waals surface area contributed by atoms with Crippen molar-refractivity contribution in [1.82, 2.24) is 0 Å². The van der Waals surface area contributed by atoms with E-state index in [1.807, 2.05) is 0 Å². The van der Waals surface area contributed by atoms with E-state index in [4.69, 9.17) is 4.74 Å². The molecule has 0 aromatic heterocycles. The standard InChI is InChI=1S/C18H24O2.C16H26/c19-18(16-9-10-1-2-13(16)4-10)20-17-14-5-11-3-12(7-14)8-15(17)6-11;1-15(2,14-6-4-3-5-7-14)16-10-8-13(12-16)9-11-16/h1-2,10-17H,3-9H2;8,10,13-14H,3-7,9,11-12H2,1-2H3. The van der Waals surface area contributed by atoms with E-state index in [0.717, 1.165) is 30.1 Å². The van der Waals surface area contributed by atoms with Gasteiger partial charge in [0.1, 0.15) is 6.10 Å². The minimum absolute atomic E-state index is 0.138. The Bertz CT molecular complexity index is 878. The van der Waals surface area contributed by atoms with Crippen LogP contribution in [-0.4, -0.2) is 12.1 Å². The van der Waals surface area contributed by atoms with Crippen molar-refractivity contribution in [3.05, 3.63) is 24.3 Å². The first-order valence-electron chi connectivity index (χ1n) is 16.0. The highest BCUT2D eigenvalue weighted by atomic mass is 16.5. The van der Waals surface area contributed by atoms with Gasteiger partial charge in [0.2, 0.25) is 0 Å². The van der Waals surface area contributed by atoms with Gasteiger partial charge in [-0.05, 0) is 135 Å². The molecule has 9 aliphatic carbocycles. The van der Waals surface area contributed by atoms with Gasteiger partial charge in [-0.15, -0.1) is 0 Å². The van der Waals surface area contributed by atoms with E-state index in [0.29, 0.717) is 34.5 Å². The quantitative estimate of drug-likeness (QED) is 0.291. The van der Waals surface area contributed by atoms with Gasteiger partial charge in [0.25, 0.3) is 0 Å². The highest BCUT2D eigenvalue weighted by Gasteiger charge is 2.53. The molecule has 0 amide bonds. The van der Waals surface area contributed by atoms with Crippen LogP contribution in [0.5, 0.6) is 0 Å². The van der Waals surface area contributed by atoms with Crippen LogP contribution in [0.15, 0.2) is 24.3 Å². The average molecular weight is 491 g/mol. The van der Waals surface area contributed by atoms with E-state index in [2.05, 4.69) is 38.2 Å². The molecule has 0 aliphatic heterocycles. The van der Waals surface area contributed by atoms with Crippen LogP contribution in [-0.2, 0) is 9.53 Å². The fourth-order valence-electron chi connectivity index (χ4n) is 11.1. The number of carbonyl (C=O) groups is 1. The number of hydrogen-bond donors (Lipinski definition) is 0. The third-order valence-corrected chi connectivity index (χ3v) is 13.2. The van der Waals surface area contributed by atoms with Crippen molar-refractivity contribution in [3.8, 4) is 0 Å². The smallest absolute Gasteiger partial charge is 0.309 e. The van der Waals surface area contributed by atoms with Crippen molar-refractivity contribution in [2.24, 2.45) is 64.1 Å². The minimum Gasteiger partial charge on any atom is -0.462 e. The lowest BCUT2D eigenvalue weighted by molar-refractivity contribution is -0.176. The average Bonchev–Trinajstić information content (AvgIpc) is 3.69. The van der Waals surface area contributed by atoms with Gasteiger partial charge in [0, 0.05) is 0 Å². The first-order valence-corrected chi connectivity index (χ1v) is 16.0. The number of rotatable bonds is 4. The molecule has 8 bridgehead atoms. The van der Waals surface area contributed by atoms with E-state index in [1.165, 1.54) is 89.9 Å². The molecule has 2 heteroatoms. The van der Waals surface area contributed by atoms with Crippen LogP contribution in [0.1, 0.15) is 110 Å². The molecular weight excluding hydrogens is 440 g/mol.